The van der Waals surface area contributed by atoms with E-state index in [1.165, 1.54) is 0 Å². The van der Waals surface area contributed by atoms with E-state index in [-0.39, 0.29) is 11.9 Å². The molecular formula is C10H19NO3. The fourth-order valence-electron chi connectivity index (χ4n) is 1.52. The van der Waals surface area contributed by atoms with Crippen molar-refractivity contribution in [3.63, 3.8) is 0 Å². The molecule has 0 saturated carbocycles. The molecule has 0 aromatic carbocycles. The summed E-state index contributed by atoms with van der Waals surface area (Å²) in [5, 5.41) is 3.21. The smallest absolute Gasteiger partial charge is 0.309 e. The number of rotatable bonds is 5. The summed E-state index contributed by atoms with van der Waals surface area (Å²) in [5.41, 5.74) is 0. The van der Waals surface area contributed by atoms with E-state index in [0.717, 1.165) is 25.9 Å². The van der Waals surface area contributed by atoms with E-state index in [1.54, 1.807) is 0 Å². The van der Waals surface area contributed by atoms with Gasteiger partial charge in [-0.25, -0.2) is 0 Å². The molecule has 4 nitrogen and oxygen atoms in total. The lowest BCUT2D eigenvalue weighted by Crippen LogP contribution is -2.33. The van der Waals surface area contributed by atoms with E-state index in [2.05, 4.69) is 5.32 Å². The van der Waals surface area contributed by atoms with Crippen LogP contribution in [0.2, 0.25) is 0 Å². The van der Waals surface area contributed by atoms with Crippen molar-refractivity contribution in [3.05, 3.63) is 0 Å². The lowest BCUT2D eigenvalue weighted by molar-refractivity contribution is -0.150. The average molecular weight is 201 g/mol. The van der Waals surface area contributed by atoms with Gasteiger partial charge in [0.1, 0.15) is 6.61 Å². The van der Waals surface area contributed by atoms with Gasteiger partial charge < -0.3 is 14.8 Å². The molecule has 14 heavy (non-hydrogen) atoms. The molecule has 1 heterocycles. The van der Waals surface area contributed by atoms with Gasteiger partial charge >= 0.3 is 5.97 Å². The van der Waals surface area contributed by atoms with Gasteiger partial charge in [0.15, 0.2) is 0 Å². The van der Waals surface area contributed by atoms with Gasteiger partial charge in [0.05, 0.1) is 12.5 Å². The lowest BCUT2D eigenvalue weighted by atomic mass is 9.99. The highest BCUT2D eigenvalue weighted by atomic mass is 16.6. The summed E-state index contributed by atoms with van der Waals surface area (Å²) < 4.78 is 10.2. The Kier molecular flexibility index (Phi) is 5.56. The van der Waals surface area contributed by atoms with Crippen LogP contribution in [0.25, 0.3) is 0 Å². The summed E-state index contributed by atoms with van der Waals surface area (Å²) in [5.74, 6) is 0.0316. The maximum atomic E-state index is 11.5. The molecule has 0 amide bonds. The van der Waals surface area contributed by atoms with Crippen molar-refractivity contribution < 1.29 is 14.3 Å². The third-order valence-electron chi connectivity index (χ3n) is 2.35. The van der Waals surface area contributed by atoms with Crippen LogP contribution in [0.15, 0.2) is 0 Å². The number of piperidine rings is 1. The van der Waals surface area contributed by atoms with Crippen LogP contribution in [-0.2, 0) is 14.3 Å². The van der Waals surface area contributed by atoms with Crippen LogP contribution >= 0.6 is 0 Å². The van der Waals surface area contributed by atoms with E-state index in [1.807, 2.05) is 6.92 Å². The van der Waals surface area contributed by atoms with Gasteiger partial charge in [-0.3, -0.25) is 4.79 Å². The molecule has 1 saturated heterocycles. The number of hydrogen-bond acceptors (Lipinski definition) is 4. The maximum absolute atomic E-state index is 11.5. The quantitative estimate of drug-likeness (QED) is 0.521. The molecule has 0 radical (unpaired) electrons. The molecule has 0 spiro atoms. The second kappa shape index (κ2) is 6.79. The van der Waals surface area contributed by atoms with Crippen LogP contribution in [0.4, 0.5) is 0 Å². The number of carbonyl (C=O) groups excluding carboxylic acids is 1. The molecule has 0 bridgehead atoms. The monoisotopic (exact) mass is 201 g/mol. The molecule has 82 valence electrons. The van der Waals surface area contributed by atoms with Crippen molar-refractivity contribution >= 4 is 5.97 Å². The zero-order chi connectivity index (χ0) is 10.2. The molecule has 1 aliphatic rings. The van der Waals surface area contributed by atoms with Crippen molar-refractivity contribution in [3.8, 4) is 0 Å². The molecule has 0 aliphatic carbocycles. The molecule has 0 aromatic heterocycles. The van der Waals surface area contributed by atoms with Crippen molar-refractivity contribution in [1.82, 2.24) is 5.32 Å². The Bertz CT molecular complexity index is 167. The first-order valence-electron chi connectivity index (χ1n) is 5.29. The molecule has 1 aliphatic heterocycles. The number of carbonyl (C=O) groups is 1. The molecule has 0 unspecified atom stereocenters. The Morgan fingerprint density at radius 2 is 2.07 bits per heavy atom. The SMILES string of the molecule is CCOCCOC(=O)C1CCNCC1. The predicted octanol–water partition coefficient (Wildman–Crippen LogP) is 0.566. The summed E-state index contributed by atoms with van der Waals surface area (Å²) in [4.78, 5) is 11.5. The molecular weight excluding hydrogens is 182 g/mol. The van der Waals surface area contributed by atoms with Gasteiger partial charge in [-0.2, -0.15) is 0 Å². The van der Waals surface area contributed by atoms with Crippen LogP contribution in [0.5, 0.6) is 0 Å². The third kappa shape index (κ3) is 4.07. The first kappa shape index (κ1) is 11.5. The first-order chi connectivity index (χ1) is 6.84. The zero-order valence-corrected chi connectivity index (χ0v) is 8.75. The van der Waals surface area contributed by atoms with Crippen LogP contribution in [0.3, 0.4) is 0 Å². The van der Waals surface area contributed by atoms with Crippen LogP contribution in [0, 0.1) is 5.92 Å². The maximum Gasteiger partial charge on any atom is 0.309 e. The largest absolute Gasteiger partial charge is 0.463 e. The Hall–Kier alpha value is -0.610. The highest BCUT2D eigenvalue weighted by Crippen LogP contribution is 2.12. The third-order valence-corrected chi connectivity index (χ3v) is 2.35. The fourth-order valence-corrected chi connectivity index (χ4v) is 1.52. The summed E-state index contributed by atoms with van der Waals surface area (Å²) in [6, 6.07) is 0. The number of hydrogen-bond donors (Lipinski definition) is 1. The van der Waals surface area contributed by atoms with Crippen LogP contribution < -0.4 is 5.32 Å². The average Bonchev–Trinajstić information content (AvgIpc) is 2.25. The second-order valence-corrected chi connectivity index (χ2v) is 3.39. The summed E-state index contributed by atoms with van der Waals surface area (Å²) in [7, 11) is 0. The van der Waals surface area contributed by atoms with Crippen LogP contribution in [-0.4, -0.2) is 38.9 Å². The standard InChI is InChI=1S/C10H19NO3/c1-2-13-7-8-14-10(12)9-3-5-11-6-4-9/h9,11H,2-8H2,1H3. The van der Waals surface area contributed by atoms with Gasteiger partial charge in [0, 0.05) is 6.61 Å². The van der Waals surface area contributed by atoms with Gasteiger partial charge in [-0.15, -0.1) is 0 Å². The van der Waals surface area contributed by atoms with Crippen molar-refractivity contribution in [1.29, 1.82) is 0 Å². The minimum Gasteiger partial charge on any atom is -0.463 e. The molecule has 0 aromatic rings. The van der Waals surface area contributed by atoms with E-state index in [4.69, 9.17) is 9.47 Å². The Labute approximate surface area is 85.0 Å². The van der Waals surface area contributed by atoms with Crippen LogP contribution in [0.1, 0.15) is 19.8 Å². The summed E-state index contributed by atoms with van der Waals surface area (Å²) in [6.45, 7) is 5.33. The second-order valence-electron chi connectivity index (χ2n) is 3.39. The predicted molar refractivity (Wildman–Crippen MR) is 53.0 cm³/mol. The van der Waals surface area contributed by atoms with Crippen molar-refractivity contribution in [2.45, 2.75) is 19.8 Å². The summed E-state index contributed by atoms with van der Waals surface area (Å²) in [6.07, 6.45) is 1.79. The van der Waals surface area contributed by atoms with Crippen molar-refractivity contribution in [2.24, 2.45) is 5.92 Å². The van der Waals surface area contributed by atoms with Crippen molar-refractivity contribution in [2.75, 3.05) is 32.9 Å². The van der Waals surface area contributed by atoms with E-state index in [9.17, 15) is 4.79 Å². The molecule has 1 rings (SSSR count). The Morgan fingerprint density at radius 1 is 1.36 bits per heavy atom. The topological polar surface area (TPSA) is 47.6 Å². The fraction of sp³-hybridized carbons (Fsp3) is 0.900. The number of nitrogens with one attached hydrogen (secondary N) is 1. The Morgan fingerprint density at radius 3 is 2.71 bits per heavy atom. The molecule has 1 N–H and O–H groups in total. The normalized spacial score (nSPS) is 18.1. The Balaban J connectivity index is 2.07. The summed E-state index contributed by atoms with van der Waals surface area (Å²) >= 11 is 0. The first-order valence-corrected chi connectivity index (χ1v) is 5.29. The minimum atomic E-state index is -0.0637. The van der Waals surface area contributed by atoms with Gasteiger partial charge in [0.25, 0.3) is 0 Å². The van der Waals surface area contributed by atoms with E-state index in [0.29, 0.717) is 19.8 Å². The molecule has 1 fully saturated rings. The van der Waals surface area contributed by atoms with Gasteiger partial charge in [-0.1, -0.05) is 0 Å². The molecule has 0 atom stereocenters. The number of ether oxygens (including phenoxy) is 2. The highest BCUT2D eigenvalue weighted by molar-refractivity contribution is 5.72. The zero-order valence-electron chi connectivity index (χ0n) is 8.75. The van der Waals surface area contributed by atoms with Gasteiger partial charge in [0.2, 0.25) is 0 Å². The van der Waals surface area contributed by atoms with E-state index >= 15 is 0 Å². The van der Waals surface area contributed by atoms with Gasteiger partial charge in [-0.05, 0) is 32.9 Å². The molecule has 4 heteroatoms. The number of esters is 1. The minimum absolute atomic E-state index is 0.0637. The lowest BCUT2D eigenvalue weighted by Gasteiger charge is -2.20. The van der Waals surface area contributed by atoms with E-state index < -0.39 is 0 Å². The highest BCUT2D eigenvalue weighted by Gasteiger charge is 2.21.